The molecule has 2 atom stereocenters. The van der Waals surface area contributed by atoms with Crippen LogP contribution in [0.4, 0.5) is 0 Å². The fourth-order valence-electron chi connectivity index (χ4n) is 5.03. The minimum Gasteiger partial charge on any atom is -0.477 e. The van der Waals surface area contributed by atoms with Crippen LogP contribution in [0.2, 0.25) is 10.0 Å². The van der Waals surface area contributed by atoms with Gasteiger partial charge in [0.05, 0.1) is 18.4 Å². The predicted octanol–water partition coefficient (Wildman–Crippen LogP) is 6.77. The average molecular weight is 564 g/mol. The van der Waals surface area contributed by atoms with E-state index >= 15 is 0 Å². The second-order valence-corrected chi connectivity index (χ2v) is 10.2. The molecule has 0 radical (unpaired) electrons. The number of fused-ring (bicyclic) bond motifs is 1. The second kappa shape index (κ2) is 12.0. The molecule has 1 aliphatic carbocycles. The summed E-state index contributed by atoms with van der Waals surface area (Å²) >= 11 is 12.2. The molecule has 1 fully saturated rings. The normalized spacial score (nSPS) is 19.4. The van der Waals surface area contributed by atoms with Crippen LogP contribution in [-0.2, 0) is 9.53 Å². The summed E-state index contributed by atoms with van der Waals surface area (Å²) in [5.41, 5.74) is 4.05. The van der Waals surface area contributed by atoms with Gasteiger partial charge in [0.15, 0.2) is 6.61 Å². The highest BCUT2D eigenvalue weighted by molar-refractivity contribution is 6.30. The number of carbonyl (C=O) groups excluding carboxylic acids is 2. The van der Waals surface area contributed by atoms with Crippen molar-refractivity contribution in [3.05, 3.63) is 99.2 Å². The zero-order chi connectivity index (χ0) is 27.4. The zero-order valence-electron chi connectivity index (χ0n) is 21.3. The molecule has 1 saturated carbocycles. The molecule has 0 bridgehead atoms. The fraction of sp³-hybridized carbons (Fsp3) is 0.267. The van der Waals surface area contributed by atoms with Gasteiger partial charge in [-0.1, -0.05) is 47.5 Å². The van der Waals surface area contributed by atoms with Crippen molar-refractivity contribution >= 4 is 46.9 Å². The highest BCUT2D eigenvalue weighted by Crippen LogP contribution is 2.44. The summed E-state index contributed by atoms with van der Waals surface area (Å²) in [6.07, 6.45) is 6.32. The fourth-order valence-corrected chi connectivity index (χ4v) is 5.28. The van der Waals surface area contributed by atoms with Crippen LogP contribution in [0.1, 0.15) is 53.7 Å². The molecule has 1 aromatic heterocycles. The summed E-state index contributed by atoms with van der Waals surface area (Å²) in [7, 11) is 0. The van der Waals surface area contributed by atoms with Crippen LogP contribution < -0.4 is 4.74 Å². The molecule has 2 aliphatic rings. The van der Waals surface area contributed by atoms with Crippen molar-refractivity contribution in [2.24, 2.45) is 11.0 Å². The van der Waals surface area contributed by atoms with Gasteiger partial charge in [0.1, 0.15) is 5.56 Å². The number of esters is 1. The maximum absolute atomic E-state index is 13.5. The van der Waals surface area contributed by atoms with Crippen molar-refractivity contribution in [3.63, 3.8) is 0 Å². The van der Waals surface area contributed by atoms with Gasteiger partial charge in [-0.15, -0.1) is 0 Å². The van der Waals surface area contributed by atoms with Crippen LogP contribution in [0.15, 0.2) is 77.5 Å². The van der Waals surface area contributed by atoms with Crippen LogP contribution in [0.3, 0.4) is 0 Å². The van der Waals surface area contributed by atoms with Crippen molar-refractivity contribution < 1.29 is 19.1 Å². The van der Waals surface area contributed by atoms with Gasteiger partial charge < -0.3 is 9.47 Å². The lowest BCUT2D eigenvalue weighted by molar-refractivity contribution is -0.137. The van der Waals surface area contributed by atoms with Gasteiger partial charge >= 0.3 is 5.97 Å². The number of carbonyl (C=O) groups is 2. The van der Waals surface area contributed by atoms with Gasteiger partial charge in [-0.3, -0.25) is 4.79 Å². The third kappa shape index (κ3) is 6.00. The topological polar surface area (TPSA) is 81.1 Å². The lowest BCUT2D eigenvalue weighted by Crippen LogP contribution is -2.34. The molecule has 3 aromatic rings. The van der Waals surface area contributed by atoms with Crippen LogP contribution in [-0.4, -0.2) is 40.8 Å². The third-order valence-electron chi connectivity index (χ3n) is 6.78. The Balaban J connectivity index is 1.42. The van der Waals surface area contributed by atoms with Crippen LogP contribution in [0, 0.1) is 5.92 Å². The first-order chi connectivity index (χ1) is 18.9. The van der Waals surface area contributed by atoms with E-state index in [0.717, 1.165) is 41.7 Å². The van der Waals surface area contributed by atoms with Gasteiger partial charge in [0, 0.05) is 22.2 Å². The monoisotopic (exact) mass is 563 g/mol. The molecule has 1 aliphatic heterocycles. The van der Waals surface area contributed by atoms with Crippen molar-refractivity contribution in [3.8, 4) is 5.88 Å². The van der Waals surface area contributed by atoms with Crippen molar-refractivity contribution in [2.75, 3.05) is 13.2 Å². The molecule has 1 amide bonds. The Labute approximate surface area is 237 Å². The number of nitrogens with zero attached hydrogens (tertiary/aromatic N) is 3. The molecule has 39 heavy (non-hydrogen) atoms. The number of hydrazone groups is 1. The van der Waals surface area contributed by atoms with Crippen molar-refractivity contribution in [1.29, 1.82) is 0 Å². The smallest absolute Gasteiger partial charge is 0.344 e. The molecule has 0 N–H and O–H groups in total. The number of aromatic nitrogens is 1. The molecule has 0 saturated heterocycles. The number of hydrogen-bond acceptors (Lipinski definition) is 6. The van der Waals surface area contributed by atoms with E-state index in [-0.39, 0.29) is 23.4 Å². The highest BCUT2D eigenvalue weighted by Gasteiger charge is 2.43. The molecule has 2 unspecified atom stereocenters. The zero-order valence-corrected chi connectivity index (χ0v) is 22.9. The Bertz CT molecular complexity index is 1420. The third-order valence-corrected chi connectivity index (χ3v) is 7.28. The quantitative estimate of drug-likeness (QED) is 0.296. The predicted molar refractivity (Wildman–Crippen MR) is 151 cm³/mol. The van der Waals surface area contributed by atoms with Crippen molar-refractivity contribution in [2.45, 2.75) is 32.2 Å². The van der Waals surface area contributed by atoms with Crippen LogP contribution in [0.5, 0.6) is 5.88 Å². The lowest BCUT2D eigenvalue weighted by Gasteiger charge is -2.29. The Hall–Kier alpha value is -3.68. The Morgan fingerprint density at radius 1 is 1.05 bits per heavy atom. The largest absolute Gasteiger partial charge is 0.477 e. The molecule has 7 nitrogen and oxygen atoms in total. The maximum atomic E-state index is 13.5. The van der Waals surface area contributed by atoms with E-state index in [2.05, 4.69) is 11.1 Å². The molecule has 2 heterocycles. The first-order valence-corrected chi connectivity index (χ1v) is 13.6. The molecule has 2 aromatic carbocycles. The van der Waals surface area contributed by atoms with E-state index in [1.165, 1.54) is 11.2 Å². The van der Waals surface area contributed by atoms with Gasteiger partial charge in [-0.2, -0.15) is 5.10 Å². The van der Waals surface area contributed by atoms with Crippen LogP contribution >= 0.6 is 23.2 Å². The molecule has 200 valence electrons. The number of amides is 1. The van der Waals surface area contributed by atoms with E-state index in [0.29, 0.717) is 16.7 Å². The molecular formula is C30H27Cl2N3O4. The number of hydrogen-bond donors (Lipinski definition) is 0. The van der Waals surface area contributed by atoms with E-state index in [9.17, 15) is 9.59 Å². The highest BCUT2D eigenvalue weighted by atomic mass is 35.5. The Morgan fingerprint density at radius 2 is 1.77 bits per heavy atom. The van der Waals surface area contributed by atoms with Gasteiger partial charge in [-0.05, 0) is 85.4 Å². The summed E-state index contributed by atoms with van der Waals surface area (Å²) in [5.74, 6) is -0.935. The van der Waals surface area contributed by atoms with Gasteiger partial charge in [0.25, 0.3) is 5.91 Å². The summed E-state index contributed by atoms with van der Waals surface area (Å²) in [6.45, 7) is 1.67. The van der Waals surface area contributed by atoms with E-state index in [1.807, 2.05) is 48.5 Å². The minimum atomic E-state index is -0.685. The van der Waals surface area contributed by atoms with E-state index < -0.39 is 18.5 Å². The number of benzene rings is 2. The lowest BCUT2D eigenvalue weighted by atomic mass is 9.77. The summed E-state index contributed by atoms with van der Waals surface area (Å²) in [6, 6.07) is 17.9. The Kier molecular flexibility index (Phi) is 8.29. The number of rotatable bonds is 7. The first-order valence-electron chi connectivity index (χ1n) is 12.8. The van der Waals surface area contributed by atoms with Gasteiger partial charge in [0.2, 0.25) is 5.88 Å². The van der Waals surface area contributed by atoms with E-state index in [1.54, 1.807) is 19.1 Å². The van der Waals surface area contributed by atoms with Gasteiger partial charge in [-0.25, -0.2) is 14.8 Å². The van der Waals surface area contributed by atoms with Crippen molar-refractivity contribution in [1.82, 2.24) is 9.99 Å². The minimum absolute atomic E-state index is 0.000933. The Morgan fingerprint density at radius 3 is 2.49 bits per heavy atom. The molecule has 5 rings (SSSR count). The first kappa shape index (κ1) is 26.9. The SMILES string of the molecule is CCOc1ncccc1C(=O)OCC(=O)N1N=C2C(=Cc3ccc(Cl)cc3)CCCC2C1c1ccc(Cl)cc1. The average Bonchev–Trinajstić information content (AvgIpc) is 3.34. The number of pyridine rings is 1. The van der Waals surface area contributed by atoms with Crippen LogP contribution in [0.25, 0.3) is 6.08 Å². The molecule has 0 spiro atoms. The maximum Gasteiger partial charge on any atom is 0.344 e. The van der Waals surface area contributed by atoms with E-state index in [4.69, 9.17) is 37.8 Å². The number of ether oxygens (including phenoxy) is 2. The molecule has 9 heteroatoms. The number of allylic oxidation sites excluding steroid dienone is 1. The second-order valence-electron chi connectivity index (χ2n) is 9.31. The summed E-state index contributed by atoms with van der Waals surface area (Å²) < 4.78 is 10.8. The summed E-state index contributed by atoms with van der Waals surface area (Å²) in [4.78, 5) is 30.4. The summed E-state index contributed by atoms with van der Waals surface area (Å²) in [5, 5.41) is 7.57. The standard InChI is InChI=1S/C30H27Cl2N3O4/c1-2-38-29-25(7-4-16-33-29)30(37)39-18-26(36)35-28(20-10-14-23(32)15-11-20)24-6-3-5-21(27(24)34-35)17-19-8-12-22(31)13-9-19/h4,7-17,24,28H,2-3,5-6,18H2,1H3. The molecular weight excluding hydrogens is 537 g/mol. The number of halogens is 2.